The number of halogens is 1. The van der Waals surface area contributed by atoms with Crippen molar-refractivity contribution in [3.05, 3.63) is 64.8 Å². The van der Waals surface area contributed by atoms with Crippen LogP contribution in [0.4, 0.5) is 0 Å². The number of rotatable bonds is 3. The largest absolute Gasteiger partial charge is 2.00 e. The predicted octanol–water partition coefficient (Wildman–Crippen LogP) is 4.32. The van der Waals surface area contributed by atoms with E-state index < -0.39 is 8.07 Å². The average molecular weight is 432 g/mol. The maximum Gasteiger partial charge on any atom is 2.00 e. The summed E-state index contributed by atoms with van der Waals surface area (Å²) in [7, 11) is -1.36. The van der Waals surface area contributed by atoms with Gasteiger partial charge in [-0.3, -0.25) is 4.68 Å². The van der Waals surface area contributed by atoms with Crippen LogP contribution in [-0.2, 0) is 17.1 Å². The zero-order chi connectivity index (χ0) is 16.2. The molecular formula is C17H22BrFeN3Si. The SMILES string of the molecule is C[C@@H](c1cc[cH-]c1Br)n1cc([Si](C)(C)C)nn1.[Fe+2].c1cc[cH-]c1. The molecule has 0 bridgehead atoms. The third kappa shape index (κ3) is 5.57. The quantitative estimate of drug-likeness (QED) is 0.456. The van der Waals surface area contributed by atoms with Crippen molar-refractivity contribution in [2.45, 2.75) is 32.6 Å². The molecule has 0 saturated heterocycles. The summed E-state index contributed by atoms with van der Waals surface area (Å²) in [5.74, 6) is 0. The van der Waals surface area contributed by atoms with Gasteiger partial charge in [-0.1, -0.05) is 52.2 Å². The van der Waals surface area contributed by atoms with Crippen molar-refractivity contribution < 1.29 is 17.1 Å². The van der Waals surface area contributed by atoms with Crippen LogP contribution in [0.2, 0.25) is 19.6 Å². The Balaban J connectivity index is 0.000000377. The first-order valence-corrected chi connectivity index (χ1v) is 11.7. The van der Waals surface area contributed by atoms with Crippen LogP contribution in [0.5, 0.6) is 0 Å². The van der Waals surface area contributed by atoms with E-state index in [0.29, 0.717) is 0 Å². The molecule has 0 aliphatic rings. The van der Waals surface area contributed by atoms with Crippen molar-refractivity contribution in [3.63, 3.8) is 0 Å². The Hall–Kier alpha value is -0.944. The third-order valence-electron chi connectivity index (χ3n) is 3.48. The second-order valence-electron chi connectivity index (χ2n) is 6.30. The molecule has 0 N–H and O–H groups in total. The van der Waals surface area contributed by atoms with Crippen molar-refractivity contribution >= 4 is 29.3 Å². The van der Waals surface area contributed by atoms with Crippen LogP contribution in [0.3, 0.4) is 0 Å². The maximum absolute atomic E-state index is 4.31. The van der Waals surface area contributed by atoms with E-state index in [1.807, 2.05) is 41.1 Å². The van der Waals surface area contributed by atoms with E-state index in [0.717, 1.165) is 9.79 Å². The molecule has 1 aromatic heterocycles. The van der Waals surface area contributed by atoms with E-state index in [-0.39, 0.29) is 23.1 Å². The average Bonchev–Trinajstić information content (AvgIpc) is 3.21. The van der Waals surface area contributed by atoms with Crippen molar-refractivity contribution in [1.82, 2.24) is 15.0 Å². The van der Waals surface area contributed by atoms with Gasteiger partial charge in [0.25, 0.3) is 0 Å². The molecule has 3 rings (SSSR count). The molecule has 0 aliphatic heterocycles. The molecular weight excluding hydrogens is 410 g/mol. The molecule has 3 nitrogen and oxygen atoms in total. The molecule has 0 saturated carbocycles. The zero-order valence-electron chi connectivity index (χ0n) is 13.8. The van der Waals surface area contributed by atoms with Crippen molar-refractivity contribution in [1.29, 1.82) is 0 Å². The van der Waals surface area contributed by atoms with Gasteiger partial charge in [0.1, 0.15) is 8.07 Å². The first-order chi connectivity index (χ1) is 10.4. The molecule has 0 fully saturated rings. The Morgan fingerprint density at radius 3 is 2.22 bits per heavy atom. The fourth-order valence-corrected chi connectivity index (χ4v) is 3.50. The molecule has 0 aliphatic carbocycles. The fraction of sp³-hybridized carbons (Fsp3) is 0.294. The van der Waals surface area contributed by atoms with Crippen LogP contribution in [-0.4, -0.2) is 23.1 Å². The number of aromatic nitrogens is 3. The summed E-state index contributed by atoms with van der Waals surface area (Å²) in [5, 5.41) is 9.73. The summed E-state index contributed by atoms with van der Waals surface area (Å²) in [6.45, 7) is 8.99. The van der Waals surface area contributed by atoms with Gasteiger partial charge in [-0.05, 0) is 0 Å². The van der Waals surface area contributed by atoms with E-state index in [9.17, 15) is 0 Å². The van der Waals surface area contributed by atoms with Crippen molar-refractivity contribution in [3.8, 4) is 0 Å². The first-order valence-electron chi connectivity index (χ1n) is 7.39. The van der Waals surface area contributed by atoms with E-state index in [1.54, 1.807) is 0 Å². The topological polar surface area (TPSA) is 30.7 Å². The Morgan fingerprint density at radius 1 is 1.17 bits per heavy atom. The molecule has 124 valence electrons. The smallest absolute Gasteiger partial charge is 0.258 e. The Labute approximate surface area is 158 Å². The minimum absolute atomic E-state index is 0. The molecule has 2 aromatic carbocycles. The molecule has 0 radical (unpaired) electrons. The zero-order valence-corrected chi connectivity index (χ0v) is 17.5. The third-order valence-corrected chi connectivity index (χ3v) is 5.96. The molecule has 1 heterocycles. The first kappa shape index (κ1) is 20.1. The van der Waals surface area contributed by atoms with Gasteiger partial charge < -0.3 is 0 Å². The van der Waals surface area contributed by atoms with E-state index in [1.165, 1.54) is 5.56 Å². The minimum Gasteiger partial charge on any atom is -0.258 e. The van der Waals surface area contributed by atoms with Gasteiger partial charge in [-0.25, -0.2) is 18.2 Å². The predicted molar refractivity (Wildman–Crippen MR) is 98.6 cm³/mol. The van der Waals surface area contributed by atoms with Crippen LogP contribution >= 0.6 is 15.9 Å². The number of nitrogens with zero attached hydrogens (tertiary/aromatic N) is 3. The summed E-state index contributed by atoms with van der Waals surface area (Å²) >= 11 is 3.56. The Bertz CT molecular complexity index is 666. The molecule has 23 heavy (non-hydrogen) atoms. The van der Waals surface area contributed by atoms with E-state index in [2.05, 4.69) is 71.1 Å². The van der Waals surface area contributed by atoms with Crippen LogP contribution in [0, 0.1) is 0 Å². The maximum atomic E-state index is 4.31. The molecule has 3 aromatic rings. The monoisotopic (exact) mass is 431 g/mol. The second-order valence-corrected chi connectivity index (χ2v) is 12.2. The Morgan fingerprint density at radius 2 is 1.83 bits per heavy atom. The van der Waals surface area contributed by atoms with Gasteiger partial charge >= 0.3 is 17.1 Å². The van der Waals surface area contributed by atoms with E-state index >= 15 is 0 Å². The summed E-state index contributed by atoms with van der Waals surface area (Å²) < 4.78 is 3.09. The van der Waals surface area contributed by atoms with Gasteiger partial charge in [0.2, 0.25) is 0 Å². The normalized spacial score (nSPS) is 12.0. The minimum atomic E-state index is -1.36. The van der Waals surface area contributed by atoms with Crippen molar-refractivity contribution in [2.75, 3.05) is 0 Å². The van der Waals surface area contributed by atoms with Crippen LogP contribution in [0.15, 0.2) is 59.2 Å². The number of hydrogen-bond acceptors (Lipinski definition) is 2. The van der Waals surface area contributed by atoms with Crippen molar-refractivity contribution in [2.24, 2.45) is 0 Å². The van der Waals surface area contributed by atoms with Gasteiger partial charge in [0.05, 0.1) is 5.32 Å². The Kier molecular flexibility index (Phi) is 7.68. The summed E-state index contributed by atoms with van der Waals surface area (Å²) in [6, 6.07) is 16.4. The number of hydrogen-bond donors (Lipinski definition) is 0. The summed E-state index contributed by atoms with van der Waals surface area (Å²) in [4.78, 5) is 0. The summed E-state index contributed by atoms with van der Waals surface area (Å²) in [6.07, 6.45) is 2.09. The van der Waals surface area contributed by atoms with Gasteiger partial charge in [0, 0.05) is 12.2 Å². The second kappa shape index (κ2) is 8.78. The van der Waals surface area contributed by atoms with Crippen LogP contribution in [0.1, 0.15) is 18.5 Å². The van der Waals surface area contributed by atoms with Gasteiger partial charge in [0.15, 0.2) is 0 Å². The summed E-state index contributed by atoms with van der Waals surface area (Å²) in [5.41, 5.74) is 1.25. The molecule has 6 heteroatoms. The van der Waals surface area contributed by atoms with Gasteiger partial charge in [-0.15, -0.1) is 5.10 Å². The molecule has 0 spiro atoms. The molecule has 1 atom stereocenters. The standard InChI is InChI=1S/C12H17BrN3Si.C5H5.Fe/c1-9(10-6-5-7-11(10)13)16-8-12(14-15-16)17(2,3)4;1-2-4-5-3-1;/h5-9H,1-4H3;1-5H;/q2*-1;+2/t9-;;/m0../s1. The fourth-order valence-electron chi connectivity index (χ4n) is 2.02. The van der Waals surface area contributed by atoms with Crippen LogP contribution < -0.4 is 5.32 Å². The molecule has 0 unspecified atom stereocenters. The van der Waals surface area contributed by atoms with Crippen LogP contribution in [0.25, 0.3) is 0 Å². The van der Waals surface area contributed by atoms with E-state index in [4.69, 9.17) is 0 Å². The molecule has 0 amide bonds. The van der Waals surface area contributed by atoms with Gasteiger partial charge in [-0.2, -0.15) is 35.9 Å².